The molecular formula is C23H21N. The normalized spacial score (nSPS) is 17.9. The van der Waals surface area contributed by atoms with Crippen molar-refractivity contribution in [3.63, 3.8) is 0 Å². The Labute approximate surface area is 143 Å². The van der Waals surface area contributed by atoms with E-state index in [-0.39, 0.29) is 5.54 Å². The second-order valence-corrected chi connectivity index (χ2v) is 7.04. The molecule has 0 unspecified atom stereocenters. The third kappa shape index (κ3) is 1.68. The molecule has 1 aliphatic heterocycles. The van der Waals surface area contributed by atoms with Crippen LogP contribution in [0.1, 0.15) is 33.4 Å². The SMILES string of the molecule is CN1Cc2ccccc2C12c1ccccc1CCc1ccccc12. The molecule has 0 fully saturated rings. The van der Waals surface area contributed by atoms with Gasteiger partial charge in [0.25, 0.3) is 0 Å². The number of aryl methyl sites for hydroxylation is 2. The van der Waals surface area contributed by atoms with Gasteiger partial charge in [-0.1, -0.05) is 72.8 Å². The highest BCUT2D eigenvalue weighted by Crippen LogP contribution is 2.51. The van der Waals surface area contributed by atoms with Crippen molar-refractivity contribution in [2.24, 2.45) is 0 Å². The van der Waals surface area contributed by atoms with Crippen LogP contribution in [0.15, 0.2) is 72.8 Å². The van der Waals surface area contributed by atoms with Crippen LogP contribution in [0.3, 0.4) is 0 Å². The van der Waals surface area contributed by atoms with E-state index < -0.39 is 0 Å². The van der Waals surface area contributed by atoms with E-state index in [1.54, 1.807) is 0 Å². The minimum absolute atomic E-state index is 0.153. The Morgan fingerprint density at radius 3 is 1.58 bits per heavy atom. The number of hydrogen-bond donors (Lipinski definition) is 0. The molecule has 0 bridgehead atoms. The number of fused-ring (bicyclic) bond motifs is 6. The van der Waals surface area contributed by atoms with Crippen molar-refractivity contribution in [3.8, 4) is 0 Å². The third-order valence-corrected chi connectivity index (χ3v) is 5.87. The maximum atomic E-state index is 2.54. The first-order valence-corrected chi connectivity index (χ1v) is 8.78. The van der Waals surface area contributed by atoms with Crippen LogP contribution >= 0.6 is 0 Å². The molecule has 0 saturated carbocycles. The van der Waals surface area contributed by atoms with E-state index in [2.05, 4.69) is 84.7 Å². The standard InChI is InChI=1S/C23H21N/c1-24-16-19-10-4-7-13-22(19)23(24)20-11-5-2-8-17(20)14-15-18-9-3-6-12-21(18)23/h2-13H,14-16H2,1H3. The van der Waals surface area contributed by atoms with Crippen molar-refractivity contribution >= 4 is 0 Å². The van der Waals surface area contributed by atoms with Crippen molar-refractivity contribution < 1.29 is 0 Å². The summed E-state index contributed by atoms with van der Waals surface area (Å²) in [7, 11) is 2.28. The first-order valence-electron chi connectivity index (χ1n) is 8.78. The van der Waals surface area contributed by atoms with Crippen LogP contribution in [0.4, 0.5) is 0 Å². The number of benzene rings is 3. The number of hydrogen-bond acceptors (Lipinski definition) is 1. The van der Waals surface area contributed by atoms with Crippen LogP contribution in [0.25, 0.3) is 0 Å². The number of nitrogens with zero attached hydrogens (tertiary/aromatic N) is 1. The molecule has 0 radical (unpaired) electrons. The molecule has 24 heavy (non-hydrogen) atoms. The summed E-state index contributed by atoms with van der Waals surface area (Å²) in [5.74, 6) is 0. The van der Waals surface area contributed by atoms with E-state index in [9.17, 15) is 0 Å². The summed E-state index contributed by atoms with van der Waals surface area (Å²) < 4.78 is 0. The van der Waals surface area contributed by atoms with Gasteiger partial charge in [0, 0.05) is 6.54 Å². The van der Waals surface area contributed by atoms with Gasteiger partial charge in [0.05, 0.1) is 5.54 Å². The Hall–Kier alpha value is -2.38. The minimum Gasteiger partial charge on any atom is -0.285 e. The van der Waals surface area contributed by atoms with Gasteiger partial charge in [0.1, 0.15) is 0 Å². The Morgan fingerprint density at radius 1 is 0.625 bits per heavy atom. The smallest absolute Gasteiger partial charge is 0.0981 e. The van der Waals surface area contributed by atoms with E-state index in [1.165, 1.54) is 33.4 Å². The van der Waals surface area contributed by atoms with Gasteiger partial charge in [0.2, 0.25) is 0 Å². The zero-order valence-electron chi connectivity index (χ0n) is 14.0. The maximum absolute atomic E-state index is 2.54. The highest BCUT2D eigenvalue weighted by Gasteiger charge is 2.48. The van der Waals surface area contributed by atoms with Crippen LogP contribution in [-0.4, -0.2) is 11.9 Å². The monoisotopic (exact) mass is 311 g/mol. The second-order valence-electron chi connectivity index (χ2n) is 7.04. The molecule has 118 valence electrons. The average Bonchev–Trinajstić information content (AvgIpc) is 2.83. The Kier molecular flexibility index (Phi) is 2.95. The predicted octanol–water partition coefficient (Wildman–Crippen LogP) is 4.52. The summed E-state index contributed by atoms with van der Waals surface area (Å²) in [5, 5.41) is 0. The van der Waals surface area contributed by atoms with Gasteiger partial charge in [-0.15, -0.1) is 0 Å². The van der Waals surface area contributed by atoms with E-state index in [1.807, 2.05) is 0 Å². The molecule has 3 aromatic carbocycles. The molecule has 1 heterocycles. The van der Waals surface area contributed by atoms with Gasteiger partial charge in [-0.25, -0.2) is 0 Å². The summed E-state index contributed by atoms with van der Waals surface area (Å²) >= 11 is 0. The highest BCUT2D eigenvalue weighted by atomic mass is 15.2. The van der Waals surface area contributed by atoms with Crippen LogP contribution in [0, 0.1) is 0 Å². The minimum atomic E-state index is -0.153. The van der Waals surface area contributed by atoms with E-state index >= 15 is 0 Å². The fourth-order valence-electron chi connectivity index (χ4n) is 4.89. The van der Waals surface area contributed by atoms with Crippen molar-refractivity contribution in [1.29, 1.82) is 0 Å². The van der Waals surface area contributed by atoms with Gasteiger partial charge in [0.15, 0.2) is 0 Å². The summed E-state index contributed by atoms with van der Waals surface area (Å²) in [5.41, 5.74) is 8.64. The summed E-state index contributed by atoms with van der Waals surface area (Å²) in [4.78, 5) is 2.54. The molecule has 2 aliphatic rings. The first-order chi connectivity index (χ1) is 11.8. The van der Waals surface area contributed by atoms with Gasteiger partial charge in [-0.2, -0.15) is 0 Å². The Bertz CT molecular complexity index is 877. The molecular weight excluding hydrogens is 290 g/mol. The molecule has 0 atom stereocenters. The summed E-state index contributed by atoms with van der Waals surface area (Å²) in [6.45, 7) is 0.999. The lowest BCUT2D eigenvalue weighted by Gasteiger charge is -2.39. The third-order valence-electron chi connectivity index (χ3n) is 5.87. The van der Waals surface area contributed by atoms with Crippen LogP contribution in [0.2, 0.25) is 0 Å². The van der Waals surface area contributed by atoms with E-state index in [0.29, 0.717) is 0 Å². The molecule has 3 aromatic rings. The van der Waals surface area contributed by atoms with Crippen molar-refractivity contribution in [3.05, 3.63) is 106 Å². The summed E-state index contributed by atoms with van der Waals surface area (Å²) in [6, 6.07) is 27.1. The fraction of sp³-hybridized carbons (Fsp3) is 0.217. The van der Waals surface area contributed by atoms with Crippen molar-refractivity contribution in [1.82, 2.24) is 4.90 Å². The second kappa shape index (κ2) is 5.06. The molecule has 0 N–H and O–H groups in total. The topological polar surface area (TPSA) is 3.24 Å². The lowest BCUT2D eigenvalue weighted by atomic mass is 9.75. The van der Waals surface area contributed by atoms with Crippen molar-refractivity contribution in [2.45, 2.75) is 24.9 Å². The molecule has 0 saturated heterocycles. The zero-order chi connectivity index (χ0) is 16.1. The fourth-order valence-corrected chi connectivity index (χ4v) is 4.89. The molecule has 0 aromatic heterocycles. The maximum Gasteiger partial charge on any atom is 0.0981 e. The largest absolute Gasteiger partial charge is 0.285 e. The van der Waals surface area contributed by atoms with Crippen LogP contribution < -0.4 is 0 Å². The lowest BCUT2D eigenvalue weighted by Crippen LogP contribution is -2.41. The Morgan fingerprint density at radius 2 is 1.04 bits per heavy atom. The molecule has 1 heteroatoms. The molecule has 1 spiro atoms. The lowest BCUT2D eigenvalue weighted by molar-refractivity contribution is 0.221. The van der Waals surface area contributed by atoms with Crippen LogP contribution in [0.5, 0.6) is 0 Å². The predicted molar refractivity (Wildman–Crippen MR) is 98.1 cm³/mol. The number of rotatable bonds is 0. The van der Waals surface area contributed by atoms with Crippen molar-refractivity contribution in [2.75, 3.05) is 7.05 Å². The highest BCUT2D eigenvalue weighted by molar-refractivity contribution is 5.60. The molecule has 5 rings (SSSR count). The van der Waals surface area contributed by atoms with Gasteiger partial charge < -0.3 is 0 Å². The average molecular weight is 311 g/mol. The van der Waals surface area contributed by atoms with Gasteiger partial charge in [-0.05, 0) is 53.3 Å². The quantitative estimate of drug-likeness (QED) is 0.590. The van der Waals surface area contributed by atoms with E-state index in [4.69, 9.17) is 0 Å². The zero-order valence-corrected chi connectivity index (χ0v) is 14.0. The van der Waals surface area contributed by atoms with Crippen LogP contribution in [-0.2, 0) is 24.9 Å². The van der Waals surface area contributed by atoms with Gasteiger partial charge >= 0.3 is 0 Å². The molecule has 1 aliphatic carbocycles. The Balaban J connectivity index is 1.95. The molecule has 1 nitrogen and oxygen atoms in total. The van der Waals surface area contributed by atoms with Gasteiger partial charge in [-0.3, -0.25) is 4.90 Å². The first kappa shape index (κ1) is 14.0. The summed E-state index contributed by atoms with van der Waals surface area (Å²) in [6.07, 6.45) is 2.23. The van der Waals surface area contributed by atoms with E-state index in [0.717, 1.165) is 19.4 Å². The molecule has 0 amide bonds.